The number of rotatable bonds is 7. The molecule has 0 saturated carbocycles. The monoisotopic (exact) mass is 332 g/mol. The van der Waals surface area contributed by atoms with Gasteiger partial charge in [0.1, 0.15) is 5.75 Å². The van der Waals surface area contributed by atoms with Crippen molar-refractivity contribution < 1.29 is 9.53 Å². The van der Waals surface area contributed by atoms with E-state index < -0.39 is 0 Å². The Hall–Kier alpha value is -2.20. The maximum atomic E-state index is 11.9. The van der Waals surface area contributed by atoms with Crippen molar-refractivity contribution in [3.05, 3.63) is 53.6 Å². The number of benzene rings is 2. The van der Waals surface area contributed by atoms with Gasteiger partial charge in [0, 0.05) is 16.4 Å². The number of anilines is 2. The summed E-state index contributed by atoms with van der Waals surface area (Å²) in [6.07, 6.45) is 1.13. The van der Waals surface area contributed by atoms with Crippen LogP contribution in [0.5, 0.6) is 5.75 Å². The van der Waals surface area contributed by atoms with Crippen LogP contribution in [0.15, 0.2) is 48.5 Å². The van der Waals surface area contributed by atoms with Gasteiger partial charge in [-0.2, -0.15) is 0 Å². The molecular formula is C18H21ClN2O2. The van der Waals surface area contributed by atoms with Gasteiger partial charge in [0.25, 0.3) is 0 Å². The van der Waals surface area contributed by atoms with Gasteiger partial charge in [-0.3, -0.25) is 4.79 Å². The van der Waals surface area contributed by atoms with Crippen molar-refractivity contribution >= 4 is 28.9 Å². The van der Waals surface area contributed by atoms with Crippen molar-refractivity contribution in [2.24, 2.45) is 0 Å². The largest absolute Gasteiger partial charge is 0.491 e. The Bertz CT molecular complexity index is 644. The van der Waals surface area contributed by atoms with Crippen molar-refractivity contribution in [1.29, 1.82) is 0 Å². The molecule has 0 heterocycles. The number of amides is 1. The maximum absolute atomic E-state index is 11.9. The standard InChI is InChI=1S/C18H21ClN2O2/c1-3-13(2)23-17-9-7-15(8-10-17)21-18(22)12-20-16-6-4-5-14(19)11-16/h4-11,13,20H,3,12H2,1-2H3,(H,21,22). The molecule has 1 amide bonds. The van der Waals surface area contributed by atoms with Crippen LogP contribution < -0.4 is 15.4 Å². The molecule has 1 atom stereocenters. The first-order valence-corrected chi connectivity index (χ1v) is 8.00. The second-order valence-electron chi connectivity index (χ2n) is 5.27. The summed E-state index contributed by atoms with van der Waals surface area (Å²) < 4.78 is 5.70. The number of carbonyl (C=O) groups is 1. The summed E-state index contributed by atoms with van der Waals surface area (Å²) in [7, 11) is 0. The molecule has 1 unspecified atom stereocenters. The van der Waals surface area contributed by atoms with E-state index in [0.717, 1.165) is 23.5 Å². The number of carbonyl (C=O) groups excluding carboxylic acids is 1. The van der Waals surface area contributed by atoms with Crippen LogP contribution in [0.4, 0.5) is 11.4 Å². The van der Waals surface area contributed by atoms with Crippen molar-refractivity contribution in [3.8, 4) is 5.75 Å². The van der Waals surface area contributed by atoms with E-state index in [1.54, 1.807) is 12.1 Å². The second kappa shape index (κ2) is 8.44. The van der Waals surface area contributed by atoms with E-state index in [4.69, 9.17) is 16.3 Å². The third-order valence-electron chi connectivity index (χ3n) is 3.33. The van der Waals surface area contributed by atoms with E-state index in [2.05, 4.69) is 17.6 Å². The Morgan fingerprint density at radius 2 is 1.91 bits per heavy atom. The van der Waals surface area contributed by atoms with Gasteiger partial charge in [-0.05, 0) is 55.8 Å². The third-order valence-corrected chi connectivity index (χ3v) is 3.56. The van der Waals surface area contributed by atoms with Crippen molar-refractivity contribution in [2.75, 3.05) is 17.2 Å². The fourth-order valence-electron chi connectivity index (χ4n) is 1.92. The molecule has 0 aliphatic heterocycles. The number of nitrogens with one attached hydrogen (secondary N) is 2. The summed E-state index contributed by atoms with van der Waals surface area (Å²) in [5.74, 6) is 0.676. The Morgan fingerprint density at radius 3 is 2.57 bits per heavy atom. The molecule has 2 N–H and O–H groups in total. The van der Waals surface area contributed by atoms with Crippen LogP contribution in [0.3, 0.4) is 0 Å². The average Bonchev–Trinajstić information content (AvgIpc) is 2.55. The summed E-state index contributed by atoms with van der Waals surface area (Å²) in [5, 5.41) is 6.49. The molecule has 5 heteroatoms. The molecule has 2 aromatic carbocycles. The predicted molar refractivity (Wildman–Crippen MR) is 95.4 cm³/mol. The van der Waals surface area contributed by atoms with Crippen LogP contribution in [0, 0.1) is 0 Å². The predicted octanol–water partition coefficient (Wildman–Crippen LogP) is 4.57. The lowest BCUT2D eigenvalue weighted by molar-refractivity contribution is -0.114. The normalized spacial score (nSPS) is 11.6. The van der Waals surface area contributed by atoms with Crippen LogP contribution in [-0.4, -0.2) is 18.6 Å². The van der Waals surface area contributed by atoms with E-state index in [1.165, 1.54) is 0 Å². The lowest BCUT2D eigenvalue weighted by atomic mass is 10.2. The summed E-state index contributed by atoms with van der Waals surface area (Å²) >= 11 is 5.90. The fraction of sp³-hybridized carbons (Fsp3) is 0.278. The minimum absolute atomic E-state index is 0.124. The van der Waals surface area contributed by atoms with Crippen LogP contribution in [0.25, 0.3) is 0 Å². The van der Waals surface area contributed by atoms with Crippen molar-refractivity contribution in [3.63, 3.8) is 0 Å². The first-order chi connectivity index (χ1) is 11.1. The highest BCUT2D eigenvalue weighted by Crippen LogP contribution is 2.18. The molecular weight excluding hydrogens is 312 g/mol. The molecule has 2 aromatic rings. The quantitative estimate of drug-likeness (QED) is 0.781. The highest BCUT2D eigenvalue weighted by Gasteiger charge is 2.04. The van der Waals surface area contributed by atoms with Gasteiger partial charge in [0.05, 0.1) is 12.6 Å². The van der Waals surface area contributed by atoms with Gasteiger partial charge in [-0.25, -0.2) is 0 Å². The van der Waals surface area contributed by atoms with E-state index >= 15 is 0 Å². The van der Waals surface area contributed by atoms with E-state index in [9.17, 15) is 4.79 Å². The molecule has 0 fully saturated rings. The zero-order chi connectivity index (χ0) is 16.7. The molecule has 2 rings (SSSR count). The summed E-state index contributed by atoms with van der Waals surface area (Å²) in [6, 6.07) is 14.6. The molecule has 122 valence electrons. The first-order valence-electron chi connectivity index (χ1n) is 7.63. The van der Waals surface area contributed by atoms with E-state index in [0.29, 0.717) is 5.02 Å². The first kappa shape index (κ1) is 17.2. The summed E-state index contributed by atoms with van der Waals surface area (Å²) in [6.45, 7) is 4.27. The number of hydrogen-bond donors (Lipinski definition) is 2. The fourth-order valence-corrected chi connectivity index (χ4v) is 2.11. The van der Waals surface area contributed by atoms with E-state index in [1.807, 2.05) is 43.3 Å². The Morgan fingerprint density at radius 1 is 1.17 bits per heavy atom. The minimum Gasteiger partial charge on any atom is -0.491 e. The van der Waals surface area contributed by atoms with Crippen LogP contribution in [-0.2, 0) is 4.79 Å². The van der Waals surface area contributed by atoms with Gasteiger partial charge in [-0.15, -0.1) is 0 Å². The maximum Gasteiger partial charge on any atom is 0.243 e. The Labute approximate surface area is 141 Å². The molecule has 0 aliphatic carbocycles. The molecule has 0 saturated heterocycles. The van der Waals surface area contributed by atoms with Gasteiger partial charge in [0.15, 0.2) is 0 Å². The summed E-state index contributed by atoms with van der Waals surface area (Å²) in [5.41, 5.74) is 1.55. The van der Waals surface area contributed by atoms with Crippen molar-refractivity contribution in [1.82, 2.24) is 0 Å². The van der Waals surface area contributed by atoms with E-state index in [-0.39, 0.29) is 18.6 Å². The highest BCUT2D eigenvalue weighted by atomic mass is 35.5. The van der Waals surface area contributed by atoms with Gasteiger partial charge < -0.3 is 15.4 Å². The highest BCUT2D eigenvalue weighted by molar-refractivity contribution is 6.30. The molecule has 0 aliphatic rings. The van der Waals surface area contributed by atoms with Gasteiger partial charge in [0.2, 0.25) is 5.91 Å². The summed E-state index contributed by atoms with van der Waals surface area (Å²) in [4.78, 5) is 11.9. The second-order valence-corrected chi connectivity index (χ2v) is 5.71. The number of halogens is 1. The molecule has 23 heavy (non-hydrogen) atoms. The third kappa shape index (κ3) is 5.83. The average molecular weight is 333 g/mol. The Balaban J connectivity index is 1.83. The lowest BCUT2D eigenvalue weighted by Crippen LogP contribution is -2.21. The van der Waals surface area contributed by atoms with Crippen LogP contribution in [0.2, 0.25) is 5.02 Å². The van der Waals surface area contributed by atoms with Crippen LogP contribution in [0.1, 0.15) is 20.3 Å². The zero-order valence-corrected chi connectivity index (χ0v) is 14.1. The smallest absolute Gasteiger partial charge is 0.243 e. The molecule has 4 nitrogen and oxygen atoms in total. The van der Waals surface area contributed by atoms with Gasteiger partial charge in [-0.1, -0.05) is 24.6 Å². The Kier molecular flexibility index (Phi) is 6.29. The zero-order valence-electron chi connectivity index (χ0n) is 13.3. The molecule has 0 spiro atoms. The number of ether oxygens (including phenoxy) is 1. The minimum atomic E-state index is -0.124. The lowest BCUT2D eigenvalue weighted by Gasteiger charge is -2.13. The van der Waals surface area contributed by atoms with Gasteiger partial charge >= 0.3 is 0 Å². The SMILES string of the molecule is CCC(C)Oc1ccc(NC(=O)CNc2cccc(Cl)c2)cc1. The molecule has 0 bridgehead atoms. The number of hydrogen-bond acceptors (Lipinski definition) is 3. The topological polar surface area (TPSA) is 50.4 Å². The van der Waals surface area contributed by atoms with Crippen LogP contribution >= 0.6 is 11.6 Å². The van der Waals surface area contributed by atoms with Crippen molar-refractivity contribution in [2.45, 2.75) is 26.4 Å². The molecule has 0 aromatic heterocycles. The molecule has 0 radical (unpaired) electrons.